The summed E-state index contributed by atoms with van der Waals surface area (Å²) in [7, 11) is -3.28. The lowest BCUT2D eigenvalue weighted by molar-refractivity contribution is -0.0814. The second-order valence-electron chi connectivity index (χ2n) is 7.06. The van der Waals surface area contributed by atoms with Crippen LogP contribution in [0.25, 0.3) is 0 Å². The molecule has 1 fully saturated rings. The Bertz CT molecular complexity index is 608. The molecule has 0 saturated carbocycles. The molecule has 1 aliphatic rings. The highest BCUT2D eigenvalue weighted by Crippen LogP contribution is 2.34. The molecule has 1 aromatic heterocycles. The molecule has 0 spiro atoms. The Kier molecular flexibility index (Phi) is 5.12. The van der Waals surface area contributed by atoms with Gasteiger partial charge in [-0.05, 0) is 30.4 Å². The van der Waals surface area contributed by atoms with Crippen LogP contribution in [-0.4, -0.2) is 38.9 Å². The minimum absolute atomic E-state index is 0.0660. The highest BCUT2D eigenvalue weighted by Gasteiger charge is 2.35. The first kappa shape index (κ1) is 17.2. The number of pyridine rings is 1. The number of ether oxygens (including phenoxy) is 1. The summed E-state index contributed by atoms with van der Waals surface area (Å²) in [6.07, 6.45) is 5.10. The SMILES string of the molecule is CC(C)(C)C1OCCCC1CNc1ncccc1S(C)(=O)=O. The van der Waals surface area contributed by atoms with Gasteiger partial charge in [-0.25, -0.2) is 13.4 Å². The van der Waals surface area contributed by atoms with E-state index in [1.807, 2.05) is 0 Å². The first-order valence-corrected chi connectivity index (χ1v) is 9.59. The van der Waals surface area contributed by atoms with Crippen molar-refractivity contribution >= 4 is 15.7 Å². The maximum atomic E-state index is 11.8. The standard InChI is InChI=1S/C16H26N2O3S/c1-16(2,3)14-12(7-6-10-21-14)11-18-15-13(22(4,19)20)8-5-9-17-15/h5,8-9,12,14H,6-7,10-11H2,1-4H3,(H,17,18). The van der Waals surface area contributed by atoms with Gasteiger partial charge in [-0.1, -0.05) is 20.8 Å². The lowest BCUT2D eigenvalue weighted by Gasteiger charge is -2.40. The summed E-state index contributed by atoms with van der Waals surface area (Å²) in [5.41, 5.74) is 0.0660. The third-order valence-corrected chi connectivity index (χ3v) is 5.13. The van der Waals surface area contributed by atoms with E-state index in [0.29, 0.717) is 18.3 Å². The van der Waals surface area contributed by atoms with Crippen LogP contribution in [0.3, 0.4) is 0 Å². The largest absolute Gasteiger partial charge is 0.377 e. The second kappa shape index (κ2) is 6.54. The number of hydrogen-bond donors (Lipinski definition) is 1. The summed E-state index contributed by atoms with van der Waals surface area (Å²) >= 11 is 0. The maximum absolute atomic E-state index is 11.8. The van der Waals surface area contributed by atoms with Gasteiger partial charge in [0.15, 0.2) is 9.84 Å². The zero-order valence-corrected chi connectivity index (χ0v) is 14.6. The topological polar surface area (TPSA) is 68.3 Å². The molecule has 0 aliphatic carbocycles. The van der Waals surface area contributed by atoms with Gasteiger partial charge in [-0.2, -0.15) is 0 Å². The van der Waals surface area contributed by atoms with Crippen LogP contribution in [0.4, 0.5) is 5.82 Å². The van der Waals surface area contributed by atoms with Gasteiger partial charge in [0.1, 0.15) is 10.7 Å². The van der Waals surface area contributed by atoms with Crippen LogP contribution < -0.4 is 5.32 Å². The molecule has 1 aliphatic heterocycles. The summed E-state index contributed by atoms with van der Waals surface area (Å²) in [6, 6.07) is 3.23. The van der Waals surface area contributed by atoms with E-state index in [9.17, 15) is 8.42 Å². The fourth-order valence-electron chi connectivity index (χ4n) is 3.06. The lowest BCUT2D eigenvalue weighted by Crippen LogP contribution is -2.42. The fraction of sp³-hybridized carbons (Fsp3) is 0.688. The van der Waals surface area contributed by atoms with Crippen LogP contribution in [0, 0.1) is 11.3 Å². The van der Waals surface area contributed by atoms with Gasteiger partial charge in [0.25, 0.3) is 0 Å². The predicted molar refractivity (Wildman–Crippen MR) is 87.8 cm³/mol. The Labute approximate surface area is 133 Å². The molecule has 1 N–H and O–H groups in total. The average molecular weight is 326 g/mol. The minimum atomic E-state index is -3.28. The van der Waals surface area contributed by atoms with Crippen molar-refractivity contribution < 1.29 is 13.2 Å². The van der Waals surface area contributed by atoms with E-state index in [1.54, 1.807) is 18.3 Å². The molecule has 6 heteroatoms. The Hall–Kier alpha value is -1.14. The number of aromatic nitrogens is 1. The van der Waals surface area contributed by atoms with Crippen molar-refractivity contribution in [2.45, 2.75) is 44.6 Å². The monoisotopic (exact) mass is 326 g/mol. The summed E-state index contributed by atoms with van der Waals surface area (Å²) in [5.74, 6) is 0.784. The van der Waals surface area contributed by atoms with Gasteiger partial charge in [0.05, 0.1) is 6.10 Å². The highest BCUT2D eigenvalue weighted by atomic mass is 32.2. The minimum Gasteiger partial charge on any atom is -0.377 e. The number of rotatable bonds is 4. The van der Waals surface area contributed by atoms with Gasteiger partial charge in [0.2, 0.25) is 0 Å². The fourth-order valence-corrected chi connectivity index (χ4v) is 3.86. The number of anilines is 1. The normalized spacial score (nSPS) is 23.3. The van der Waals surface area contributed by atoms with E-state index >= 15 is 0 Å². The van der Waals surface area contributed by atoms with Crippen molar-refractivity contribution in [1.82, 2.24) is 4.98 Å². The van der Waals surface area contributed by atoms with Gasteiger partial charge >= 0.3 is 0 Å². The maximum Gasteiger partial charge on any atom is 0.179 e. The lowest BCUT2D eigenvalue weighted by atomic mass is 9.78. The molecule has 0 aromatic carbocycles. The summed E-state index contributed by atoms with van der Waals surface area (Å²) < 4.78 is 29.6. The van der Waals surface area contributed by atoms with E-state index in [2.05, 4.69) is 31.1 Å². The van der Waals surface area contributed by atoms with Gasteiger partial charge in [0, 0.05) is 31.5 Å². The third-order valence-electron chi connectivity index (χ3n) is 4.00. The highest BCUT2D eigenvalue weighted by molar-refractivity contribution is 7.90. The van der Waals surface area contributed by atoms with Gasteiger partial charge in [-0.15, -0.1) is 0 Å². The van der Waals surface area contributed by atoms with Crippen molar-refractivity contribution in [2.75, 3.05) is 24.7 Å². The summed E-state index contributed by atoms with van der Waals surface area (Å²) in [4.78, 5) is 4.43. The Morgan fingerprint density at radius 1 is 1.41 bits per heavy atom. The Morgan fingerprint density at radius 2 is 2.14 bits per heavy atom. The Morgan fingerprint density at radius 3 is 2.77 bits per heavy atom. The molecule has 2 heterocycles. The molecule has 0 amide bonds. The van der Waals surface area contributed by atoms with E-state index < -0.39 is 9.84 Å². The number of nitrogens with zero attached hydrogens (tertiary/aromatic N) is 1. The molecule has 2 unspecified atom stereocenters. The first-order valence-electron chi connectivity index (χ1n) is 7.70. The molecule has 22 heavy (non-hydrogen) atoms. The van der Waals surface area contributed by atoms with E-state index in [0.717, 1.165) is 19.4 Å². The molecule has 2 atom stereocenters. The predicted octanol–water partition coefficient (Wildman–Crippen LogP) is 2.74. The van der Waals surface area contributed by atoms with Crippen LogP contribution in [0.1, 0.15) is 33.6 Å². The molecule has 124 valence electrons. The molecule has 1 saturated heterocycles. The first-order chi connectivity index (χ1) is 10.2. The van der Waals surface area contributed by atoms with Crippen molar-refractivity contribution in [3.05, 3.63) is 18.3 Å². The number of sulfone groups is 1. The van der Waals surface area contributed by atoms with E-state index in [-0.39, 0.29) is 16.4 Å². The zero-order valence-electron chi connectivity index (χ0n) is 13.8. The van der Waals surface area contributed by atoms with Crippen LogP contribution in [0.2, 0.25) is 0 Å². The van der Waals surface area contributed by atoms with Crippen LogP contribution >= 0.6 is 0 Å². The average Bonchev–Trinajstić information content (AvgIpc) is 2.44. The van der Waals surface area contributed by atoms with Crippen LogP contribution in [-0.2, 0) is 14.6 Å². The third kappa shape index (κ3) is 4.20. The van der Waals surface area contributed by atoms with Crippen molar-refractivity contribution in [1.29, 1.82) is 0 Å². The molecule has 0 radical (unpaired) electrons. The molecule has 5 nitrogen and oxygen atoms in total. The Balaban J connectivity index is 2.12. The van der Waals surface area contributed by atoms with Crippen LogP contribution in [0.5, 0.6) is 0 Å². The van der Waals surface area contributed by atoms with Gasteiger partial charge in [-0.3, -0.25) is 0 Å². The molecular weight excluding hydrogens is 300 g/mol. The second-order valence-corrected chi connectivity index (χ2v) is 9.05. The van der Waals surface area contributed by atoms with Crippen LogP contribution in [0.15, 0.2) is 23.2 Å². The zero-order chi connectivity index (χ0) is 16.4. The quantitative estimate of drug-likeness (QED) is 0.921. The summed E-state index contributed by atoms with van der Waals surface area (Å²) in [6.45, 7) is 8.01. The smallest absolute Gasteiger partial charge is 0.179 e. The van der Waals surface area contributed by atoms with E-state index in [1.165, 1.54) is 6.26 Å². The van der Waals surface area contributed by atoms with Gasteiger partial charge < -0.3 is 10.1 Å². The number of nitrogens with one attached hydrogen (secondary N) is 1. The molecule has 2 rings (SSSR count). The molecule has 1 aromatic rings. The molecular formula is C16H26N2O3S. The van der Waals surface area contributed by atoms with Crippen molar-refractivity contribution in [3.63, 3.8) is 0 Å². The van der Waals surface area contributed by atoms with Crippen molar-refractivity contribution in [2.24, 2.45) is 11.3 Å². The summed E-state index contributed by atoms with van der Waals surface area (Å²) in [5, 5.41) is 3.22. The van der Waals surface area contributed by atoms with E-state index in [4.69, 9.17) is 4.74 Å². The van der Waals surface area contributed by atoms with Crippen molar-refractivity contribution in [3.8, 4) is 0 Å². The molecule has 0 bridgehead atoms. The number of hydrogen-bond acceptors (Lipinski definition) is 5.